The zero-order chi connectivity index (χ0) is 13.0. The lowest BCUT2D eigenvalue weighted by Crippen LogP contribution is -2.30. The van der Waals surface area contributed by atoms with Crippen LogP contribution in [0.2, 0.25) is 0 Å². The fourth-order valence-electron chi connectivity index (χ4n) is 2.50. The highest BCUT2D eigenvalue weighted by Crippen LogP contribution is 2.40. The van der Waals surface area contributed by atoms with Crippen molar-refractivity contribution in [3.05, 3.63) is 23.8 Å². The van der Waals surface area contributed by atoms with Crippen molar-refractivity contribution in [3.63, 3.8) is 0 Å². The van der Waals surface area contributed by atoms with E-state index in [1.807, 2.05) is 23.9 Å². The number of nitriles is 1. The number of benzene rings is 1. The molecule has 1 aliphatic rings. The first-order valence-corrected chi connectivity index (χ1v) is 7.50. The van der Waals surface area contributed by atoms with E-state index < -0.39 is 0 Å². The van der Waals surface area contributed by atoms with Crippen molar-refractivity contribution in [1.82, 2.24) is 0 Å². The second-order valence-corrected chi connectivity index (χ2v) is 6.14. The lowest BCUT2D eigenvalue weighted by atomic mass is 10.1. The summed E-state index contributed by atoms with van der Waals surface area (Å²) in [7, 11) is 0. The highest BCUT2D eigenvalue weighted by molar-refractivity contribution is 8.00. The first kappa shape index (κ1) is 13.1. The van der Waals surface area contributed by atoms with Gasteiger partial charge in [0.25, 0.3) is 0 Å². The summed E-state index contributed by atoms with van der Waals surface area (Å²) < 4.78 is 0.369. The van der Waals surface area contributed by atoms with Crippen molar-refractivity contribution in [2.45, 2.75) is 30.4 Å². The van der Waals surface area contributed by atoms with Crippen LogP contribution >= 0.6 is 11.8 Å². The Labute approximate surface area is 113 Å². The van der Waals surface area contributed by atoms with Gasteiger partial charge in [-0.2, -0.15) is 17.0 Å². The van der Waals surface area contributed by atoms with E-state index in [1.165, 1.54) is 25.7 Å². The molecule has 3 nitrogen and oxygen atoms in total. The van der Waals surface area contributed by atoms with E-state index in [4.69, 9.17) is 11.0 Å². The molecule has 0 unspecified atom stereocenters. The predicted octanol–water partition coefficient (Wildman–Crippen LogP) is 3.23. The Kier molecular flexibility index (Phi) is 4.03. The SMILES string of the molecule is CSC1(CNc2ccc(N)c(C#N)c2)CCCC1. The molecule has 0 aromatic heterocycles. The quantitative estimate of drug-likeness (QED) is 0.817. The highest BCUT2D eigenvalue weighted by atomic mass is 32.2. The van der Waals surface area contributed by atoms with Crippen molar-refractivity contribution in [2.75, 3.05) is 23.9 Å². The van der Waals surface area contributed by atoms with Crippen LogP contribution in [0.4, 0.5) is 11.4 Å². The predicted molar refractivity (Wildman–Crippen MR) is 78.8 cm³/mol. The molecule has 2 rings (SSSR count). The number of thioether (sulfide) groups is 1. The molecule has 0 radical (unpaired) electrons. The molecule has 4 heteroatoms. The normalized spacial score (nSPS) is 17.3. The monoisotopic (exact) mass is 261 g/mol. The van der Waals surface area contributed by atoms with Gasteiger partial charge in [-0.1, -0.05) is 12.8 Å². The molecule has 1 fully saturated rings. The Morgan fingerprint density at radius 1 is 1.44 bits per heavy atom. The number of nitrogens with two attached hydrogens (primary N) is 1. The molecule has 18 heavy (non-hydrogen) atoms. The number of nitrogens with zero attached hydrogens (tertiary/aromatic N) is 1. The van der Waals surface area contributed by atoms with E-state index in [0.29, 0.717) is 16.0 Å². The molecule has 0 atom stereocenters. The second-order valence-electron chi connectivity index (χ2n) is 4.86. The number of anilines is 2. The molecule has 0 bridgehead atoms. The number of hydrogen-bond donors (Lipinski definition) is 2. The average Bonchev–Trinajstić information content (AvgIpc) is 2.87. The lowest BCUT2D eigenvalue weighted by molar-refractivity contribution is 0.640. The average molecular weight is 261 g/mol. The van der Waals surface area contributed by atoms with Crippen molar-refractivity contribution in [3.8, 4) is 6.07 Å². The van der Waals surface area contributed by atoms with Gasteiger partial charge in [0, 0.05) is 22.7 Å². The molecule has 0 amide bonds. The zero-order valence-corrected chi connectivity index (χ0v) is 11.5. The summed E-state index contributed by atoms with van der Waals surface area (Å²) >= 11 is 1.96. The highest BCUT2D eigenvalue weighted by Gasteiger charge is 2.32. The summed E-state index contributed by atoms with van der Waals surface area (Å²) in [5.74, 6) is 0. The molecule has 1 aliphatic carbocycles. The summed E-state index contributed by atoms with van der Waals surface area (Å²) in [4.78, 5) is 0. The van der Waals surface area contributed by atoms with E-state index in [-0.39, 0.29) is 0 Å². The van der Waals surface area contributed by atoms with Crippen LogP contribution in [0.5, 0.6) is 0 Å². The molecule has 0 spiro atoms. The summed E-state index contributed by atoms with van der Waals surface area (Å²) in [6, 6.07) is 7.69. The molecule has 0 heterocycles. The second kappa shape index (κ2) is 5.53. The van der Waals surface area contributed by atoms with Crippen molar-refractivity contribution in [1.29, 1.82) is 5.26 Å². The molecular weight excluding hydrogens is 242 g/mol. The van der Waals surface area contributed by atoms with Gasteiger partial charge in [-0.15, -0.1) is 0 Å². The van der Waals surface area contributed by atoms with E-state index in [0.717, 1.165) is 12.2 Å². The van der Waals surface area contributed by atoms with Gasteiger partial charge in [0.2, 0.25) is 0 Å². The molecule has 0 aliphatic heterocycles. The number of hydrogen-bond acceptors (Lipinski definition) is 4. The van der Waals surface area contributed by atoms with Gasteiger partial charge in [0.05, 0.1) is 5.56 Å². The van der Waals surface area contributed by atoms with Gasteiger partial charge in [0.1, 0.15) is 6.07 Å². The maximum Gasteiger partial charge on any atom is 0.101 e. The Balaban J connectivity index is 2.04. The minimum atomic E-state index is 0.369. The summed E-state index contributed by atoms with van der Waals surface area (Å²) in [5.41, 5.74) is 7.79. The van der Waals surface area contributed by atoms with Crippen molar-refractivity contribution < 1.29 is 0 Å². The zero-order valence-electron chi connectivity index (χ0n) is 10.7. The standard InChI is InChI=1S/C14H19N3S/c1-18-14(6-2-3-7-14)10-17-12-4-5-13(16)11(8-12)9-15/h4-5,8,17H,2-3,6-7,10,16H2,1H3. The third-order valence-corrected chi connectivity index (χ3v) is 5.15. The lowest BCUT2D eigenvalue weighted by Gasteiger charge is -2.27. The van der Waals surface area contributed by atoms with E-state index in [9.17, 15) is 0 Å². The first-order chi connectivity index (χ1) is 8.69. The third kappa shape index (κ3) is 2.73. The minimum absolute atomic E-state index is 0.369. The van der Waals surface area contributed by atoms with Gasteiger partial charge in [-0.05, 0) is 37.3 Å². The maximum absolute atomic E-state index is 8.96. The van der Waals surface area contributed by atoms with Crippen LogP contribution in [0.3, 0.4) is 0 Å². The van der Waals surface area contributed by atoms with Gasteiger partial charge < -0.3 is 11.1 Å². The third-order valence-electron chi connectivity index (χ3n) is 3.74. The van der Waals surface area contributed by atoms with E-state index >= 15 is 0 Å². The molecule has 96 valence electrons. The van der Waals surface area contributed by atoms with Crippen LogP contribution in [0.1, 0.15) is 31.2 Å². The number of nitrogens with one attached hydrogen (secondary N) is 1. The topological polar surface area (TPSA) is 61.8 Å². The van der Waals surface area contributed by atoms with Crippen LogP contribution in [0.25, 0.3) is 0 Å². The summed E-state index contributed by atoms with van der Waals surface area (Å²) in [5, 5.41) is 12.4. The fraction of sp³-hybridized carbons (Fsp3) is 0.500. The minimum Gasteiger partial charge on any atom is -0.398 e. The smallest absolute Gasteiger partial charge is 0.101 e. The van der Waals surface area contributed by atoms with Crippen molar-refractivity contribution >= 4 is 23.1 Å². The Hall–Kier alpha value is -1.34. The first-order valence-electron chi connectivity index (χ1n) is 6.28. The molecular formula is C14H19N3S. The Morgan fingerprint density at radius 2 is 2.17 bits per heavy atom. The van der Waals surface area contributed by atoms with Gasteiger partial charge in [0.15, 0.2) is 0 Å². The van der Waals surface area contributed by atoms with Crippen LogP contribution < -0.4 is 11.1 Å². The van der Waals surface area contributed by atoms with Gasteiger partial charge >= 0.3 is 0 Å². The van der Waals surface area contributed by atoms with Crippen LogP contribution in [0, 0.1) is 11.3 Å². The van der Waals surface area contributed by atoms with E-state index in [2.05, 4.69) is 17.6 Å². The van der Waals surface area contributed by atoms with Crippen LogP contribution in [0.15, 0.2) is 18.2 Å². The van der Waals surface area contributed by atoms with E-state index in [1.54, 1.807) is 6.07 Å². The molecule has 0 saturated heterocycles. The summed E-state index contributed by atoms with van der Waals surface area (Å²) in [6.07, 6.45) is 7.40. The van der Waals surface area contributed by atoms with Gasteiger partial charge in [-0.3, -0.25) is 0 Å². The Bertz CT molecular complexity index is 459. The van der Waals surface area contributed by atoms with Gasteiger partial charge in [-0.25, -0.2) is 0 Å². The molecule has 1 aromatic rings. The van der Waals surface area contributed by atoms with Crippen LogP contribution in [-0.4, -0.2) is 17.5 Å². The van der Waals surface area contributed by atoms with Crippen LogP contribution in [-0.2, 0) is 0 Å². The number of rotatable bonds is 4. The fourth-order valence-corrected chi connectivity index (χ4v) is 3.41. The molecule has 1 aromatic carbocycles. The molecule has 1 saturated carbocycles. The molecule has 3 N–H and O–H groups in total. The maximum atomic E-state index is 8.96. The largest absolute Gasteiger partial charge is 0.398 e. The van der Waals surface area contributed by atoms with Crippen molar-refractivity contribution in [2.24, 2.45) is 0 Å². The Morgan fingerprint density at radius 3 is 2.78 bits per heavy atom. The summed E-state index contributed by atoms with van der Waals surface area (Å²) in [6.45, 7) is 0.961. The number of nitrogen functional groups attached to an aromatic ring is 1.